The van der Waals surface area contributed by atoms with Gasteiger partial charge >= 0.3 is 0 Å². The molecule has 1 fully saturated rings. The number of carbonyl (C=O) groups excluding carboxylic acids is 1. The average molecular weight is 305 g/mol. The Morgan fingerprint density at radius 2 is 2.14 bits per heavy atom. The van der Waals surface area contributed by atoms with Gasteiger partial charge in [-0.05, 0) is 51.8 Å². The van der Waals surface area contributed by atoms with Gasteiger partial charge < -0.3 is 15.0 Å². The zero-order chi connectivity index (χ0) is 15.9. The topological polar surface area (TPSA) is 54.5 Å². The fraction of sp³-hybridized carbons (Fsp3) is 0.647. The third-order valence-electron chi connectivity index (χ3n) is 4.23. The highest BCUT2D eigenvalue weighted by Gasteiger charge is 2.16. The first-order chi connectivity index (χ1) is 10.6. The van der Waals surface area contributed by atoms with Crippen LogP contribution in [0.1, 0.15) is 40.9 Å². The van der Waals surface area contributed by atoms with Gasteiger partial charge in [-0.2, -0.15) is 0 Å². The Labute approximate surface area is 133 Å². The molecule has 0 aromatic carbocycles. The monoisotopic (exact) mass is 305 g/mol. The summed E-state index contributed by atoms with van der Waals surface area (Å²) >= 11 is 0. The minimum Gasteiger partial charge on any atom is -0.378 e. The summed E-state index contributed by atoms with van der Waals surface area (Å²) in [6.45, 7) is 7.48. The van der Waals surface area contributed by atoms with E-state index in [4.69, 9.17) is 4.74 Å². The van der Waals surface area contributed by atoms with Gasteiger partial charge in [0.15, 0.2) is 0 Å². The van der Waals surface area contributed by atoms with Crippen LogP contribution in [0, 0.1) is 13.8 Å². The smallest absolute Gasteiger partial charge is 0.252 e. The van der Waals surface area contributed by atoms with Gasteiger partial charge in [0.2, 0.25) is 0 Å². The summed E-state index contributed by atoms with van der Waals surface area (Å²) in [5.74, 6) is -0.0603. The van der Waals surface area contributed by atoms with Gasteiger partial charge in [-0.15, -0.1) is 0 Å². The molecule has 1 aromatic heterocycles. The third kappa shape index (κ3) is 5.07. The van der Waals surface area contributed by atoms with Gasteiger partial charge in [0.05, 0.1) is 11.7 Å². The first-order valence-corrected chi connectivity index (χ1v) is 8.08. The normalized spacial score (nSPS) is 16.7. The molecular formula is C17H27N3O2. The predicted molar refractivity (Wildman–Crippen MR) is 87.1 cm³/mol. The van der Waals surface area contributed by atoms with Crippen molar-refractivity contribution in [3.63, 3.8) is 0 Å². The number of pyridine rings is 1. The maximum atomic E-state index is 12.0. The van der Waals surface area contributed by atoms with Gasteiger partial charge in [-0.1, -0.05) is 0 Å². The minimum atomic E-state index is -0.0603. The number of carbonyl (C=O) groups is 1. The molecule has 0 atom stereocenters. The lowest BCUT2D eigenvalue weighted by Gasteiger charge is -2.28. The van der Waals surface area contributed by atoms with Gasteiger partial charge in [-0.25, -0.2) is 0 Å². The molecule has 2 rings (SSSR count). The largest absolute Gasteiger partial charge is 0.378 e. The van der Waals surface area contributed by atoms with Crippen molar-refractivity contribution in [2.75, 3.05) is 33.3 Å². The molecule has 1 aliphatic heterocycles. The molecule has 1 N–H and O–H groups in total. The molecule has 1 amide bonds. The number of amides is 1. The number of ether oxygens (including phenoxy) is 1. The van der Waals surface area contributed by atoms with Crippen LogP contribution < -0.4 is 5.32 Å². The van der Waals surface area contributed by atoms with Gasteiger partial charge in [0.1, 0.15) is 0 Å². The Morgan fingerprint density at radius 1 is 1.41 bits per heavy atom. The van der Waals surface area contributed by atoms with Crippen LogP contribution in [0.25, 0.3) is 0 Å². The lowest BCUT2D eigenvalue weighted by molar-refractivity contribution is 0.0117. The predicted octanol–water partition coefficient (Wildman–Crippen LogP) is 1.93. The average Bonchev–Trinajstić information content (AvgIpc) is 2.51. The zero-order valence-electron chi connectivity index (χ0n) is 13.9. The second-order valence-corrected chi connectivity index (χ2v) is 6.11. The van der Waals surface area contributed by atoms with Gasteiger partial charge in [0, 0.05) is 38.1 Å². The number of nitrogens with one attached hydrogen (secondary N) is 1. The van der Waals surface area contributed by atoms with Crippen LogP contribution >= 0.6 is 0 Å². The number of nitrogens with zero attached hydrogens (tertiary/aromatic N) is 2. The van der Waals surface area contributed by atoms with E-state index in [1.165, 1.54) is 0 Å². The van der Waals surface area contributed by atoms with E-state index in [1.807, 2.05) is 19.9 Å². The van der Waals surface area contributed by atoms with E-state index in [-0.39, 0.29) is 5.91 Å². The van der Waals surface area contributed by atoms with E-state index in [9.17, 15) is 4.79 Å². The third-order valence-corrected chi connectivity index (χ3v) is 4.23. The van der Waals surface area contributed by atoms with Crippen molar-refractivity contribution in [2.45, 2.75) is 39.2 Å². The first-order valence-electron chi connectivity index (χ1n) is 8.08. The molecule has 2 heterocycles. The Morgan fingerprint density at radius 3 is 2.82 bits per heavy atom. The molecule has 0 radical (unpaired) electrons. The van der Waals surface area contributed by atoms with E-state index in [0.717, 1.165) is 43.6 Å². The van der Waals surface area contributed by atoms with E-state index >= 15 is 0 Å². The molecular weight excluding hydrogens is 278 g/mol. The Kier molecular flexibility index (Phi) is 6.34. The Hall–Kier alpha value is -1.46. The van der Waals surface area contributed by atoms with Crippen molar-refractivity contribution >= 4 is 5.91 Å². The molecule has 0 unspecified atom stereocenters. The van der Waals surface area contributed by atoms with Crippen molar-refractivity contribution in [3.8, 4) is 0 Å². The maximum absolute atomic E-state index is 12.0. The molecule has 1 aliphatic rings. The quantitative estimate of drug-likeness (QED) is 0.816. The number of hydrogen-bond donors (Lipinski definition) is 1. The van der Waals surface area contributed by atoms with E-state index in [0.29, 0.717) is 24.8 Å². The van der Waals surface area contributed by atoms with Crippen LogP contribution in [-0.4, -0.2) is 55.2 Å². The van der Waals surface area contributed by atoms with Crippen molar-refractivity contribution in [1.29, 1.82) is 0 Å². The number of piperidine rings is 1. The lowest BCUT2D eigenvalue weighted by Crippen LogP contribution is -2.34. The number of rotatable bonds is 6. The van der Waals surface area contributed by atoms with Crippen LogP contribution in [-0.2, 0) is 4.74 Å². The standard InChI is InChI=1S/C17H27N3O2/c1-13-11-15(12-19-14(13)2)17(21)18-7-4-10-22-16-5-8-20(3)9-6-16/h11-12,16H,4-10H2,1-3H3,(H,18,21). The van der Waals surface area contributed by atoms with E-state index in [1.54, 1.807) is 6.20 Å². The summed E-state index contributed by atoms with van der Waals surface area (Å²) in [6, 6.07) is 1.88. The van der Waals surface area contributed by atoms with Crippen LogP contribution in [0.3, 0.4) is 0 Å². The maximum Gasteiger partial charge on any atom is 0.252 e. The van der Waals surface area contributed by atoms with Gasteiger partial charge in [0.25, 0.3) is 5.91 Å². The molecule has 0 spiro atoms. The van der Waals surface area contributed by atoms with Crippen LogP contribution in [0.2, 0.25) is 0 Å². The fourth-order valence-electron chi connectivity index (χ4n) is 2.55. The lowest BCUT2D eigenvalue weighted by atomic mass is 10.1. The highest BCUT2D eigenvalue weighted by molar-refractivity contribution is 5.94. The molecule has 0 bridgehead atoms. The second kappa shape index (κ2) is 8.25. The summed E-state index contributed by atoms with van der Waals surface area (Å²) in [5.41, 5.74) is 2.63. The number of hydrogen-bond acceptors (Lipinski definition) is 4. The van der Waals surface area contributed by atoms with E-state index < -0.39 is 0 Å². The second-order valence-electron chi connectivity index (χ2n) is 6.11. The van der Waals surface area contributed by atoms with Crippen molar-refractivity contribution < 1.29 is 9.53 Å². The van der Waals surface area contributed by atoms with Crippen molar-refractivity contribution in [3.05, 3.63) is 29.1 Å². The Bertz CT molecular complexity index is 497. The number of aromatic nitrogens is 1. The van der Waals surface area contributed by atoms with Gasteiger partial charge in [-0.3, -0.25) is 9.78 Å². The van der Waals surface area contributed by atoms with Crippen LogP contribution in [0.15, 0.2) is 12.3 Å². The molecule has 5 heteroatoms. The Balaban J connectivity index is 1.62. The molecule has 1 saturated heterocycles. The van der Waals surface area contributed by atoms with E-state index in [2.05, 4.69) is 22.2 Å². The number of aryl methyl sites for hydroxylation is 2. The molecule has 0 saturated carbocycles. The summed E-state index contributed by atoms with van der Waals surface area (Å²) in [6.07, 6.45) is 5.08. The summed E-state index contributed by atoms with van der Waals surface area (Å²) in [7, 11) is 2.15. The summed E-state index contributed by atoms with van der Waals surface area (Å²) in [5, 5.41) is 2.92. The molecule has 0 aliphatic carbocycles. The van der Waals surface area contributed by atoms with Crippen molar-refractivity contribution in [1.82, 2.24) is 15.2 Å². The molecule has 5 nitrogen and oxygen atoms in total. The number of likely N-dealkylation sites (tertiary alicyclic amines) is 1. The molecule has 22 heavy (non-hydrogen) atoms. The zero-order valence-corrected chi connectivity index (χ0v) is 13.9. The SMILES string of the molecule is Cc1cc(C(=O)NCCCOC2CCN(C)CC2)cnc1C. The van der Waals surface area contributed by atoms with Crippen LogP contribution in [0.5, 0.6) is 0 Å². The fourth-order valence-corrected chi connectivity index (χ4v) is 2.55. The highest BCUT2D eigenvalue weighted by Crippen LogP contribution is 2.12. The summed E-state index contributed by atoms with van der Waals surface area (Å²) < 4.78 is 5.86. The molecule has 1 aromatic rings. The van der Waals surface area contributed by atoms with Crippen molar-refractivity contribution in [2.24, 2.45) is 0 Å². The first kappa shape index (κ1) is 16.9. The molecule has 122 valence electrons. The highest BCUT2D eigenvalue weighted by atomic mass is 16.5. The summed E-state index contributed by atoms with van der Waals surface area (Å²) in [4.78, 5) is 18.6. The minimum absolute atomic E-state index is 0.0603. The van der Waals surface area contributed by atoms with Crippen LogP contribution in [0.4, 0.5) is 0 Å².